The molecule has 0 unspecified atom stereocenters. The molecule has 1 fully saturated rings. The molecule has 1 aromatic rings. The largest absolute Gasteiger partial charge is 0.444 e. The van der Waals surface area contributed by atoms with Gasteiger partial charge in [-0.1, -0.05) is 12.8 Å². The van der Waals surface area contributed by atoms with Crippen LogP contribution in [0, 0.1) is 6.92 Å². The number of alkyl carbamates (subject to hydrolysis) is 1. The van der Waals surface area contributed by atoms with Gasteiger partial charge in [0.2, 0.25) is 0 Å². The Balaban J connectivity index is 1.89. The molecule has 1 aliphatic rings. The topological polar surface area (TPSA) is 80.3 Å². The van der Waals surface area contributed by atoms with Crippen molar-refractivity contribution in [2.24, 2.45) is 0 Å². The average Bonchev–Trinajstić information content (AvgIpc) is 3.04. The molecule has 2 N–H and O–H groups in total. The van der Waals surface area contributed by atoms with Crippen molar-refractivity contribution in [2.45, 2.75) is 71.6 Å². The van der Waals surface area contributed by atoms with Crippen LogP contribution in [0.4, 0.5) is 4.79 Å². The summed E-state index contributed by atoms with van der Waals surface area (Å²) in [4.78, 5) is 28.9. The Kier molecular flexibility index (Phi) is 5.62. The van der Waals surface area contributed by atoms with Gasteiger partial charge in [0.25, 0.3) is 5.91 Å². The molecule has 2 rings (SSSR count). The smallest absolute Gasteiger partial charge is 0.408 e. The minimum Gasteiger partial charge on any atom is -0.444 e. The van der Waals surface area contributed by atoms with Gasteiger partial charge >= 0.3 is 6.09 Å². The summed E-state index contributed by atoms with van der Waals surface area (Å²) < 4.78 is 5.18. The highest BCUT2D eigenvalue weighted by Gasteiger charge is 2.22. The van der Waals surface area contributed by atoms with Gasteiger partial charge in [0.1, 0.15) is 15.5 Å². The molecule has 0 aliphatic heterocycles. The minimum atomic E-state index is -0.533. The zero-order valence-electron chi connectivity index (χ0n) is 14.2. The number of hydrogen-bond donors (Lipinski definition) is 2. The predicted octanol–water partition coefficient (Wildman–Crippen LogP) is 3.15. The minimum absolute atomic E-state index is 0.0598. The van der Waals surface area contributed by atoms with Crippen LogP contribution in [0.5, 0.6) is 0 Å². The number of aromatic nitrogens is 1. The van der Waals surface area contributed by atoms with Gasteiger partial charge < -0.3 is 15.4 Å². The number of thiazole rings is 1. The van der Waals surface area contributed by atoms with Crippen LogP contribution in [-0.4, -0.2) is 28.6 Å². The van der Waals surface area contributed by atoms with Crippen molar-refractivity contribution in [2.75, 3.05) is 0 Å². The Hall–Kier alpha value is -1.63. The summed E-state index contributed by atoms with van der Waals surface area (Å²) >= 11 is 1.32. The van der Waals surface area contributed by atoms with E-state index in [1.54, 1.807) is 0 Å². The number of rotatable bonds is 4. The van der Waals surface area contributed by atoms with Crippen molar-refractivity contribution in [1.29, 1.82) is 0 Å². The first kappa shape index (κ1) is 17.7. The Morgan fingerprint density at radius 1 is 1.30 bits per heavy atom. The Labute approximate surface area is 141 Å². The molecule has 1 heterocycles. The van der Waals surface area contributed by atoms with Crippen LogP contribution in [0.15, 0.2) is 0 Å². The summed E-state index contributed by atoms with van der Waals surface area (Å²) in [5, 5.41) is 6.43. The van der Waals surface area contributed by atoms with E-state index in [2.05, 4.69) is 15.6 Å². The van der Waals surface area contributed by atoms with Crippen molar-refractivity contribution in [3.8, 4) is 0 Å². The first-order chi connectivity index (χ1) is 10.7. The summed E-state index contributed by atoms with van der Waals surface area (Å²) in [7, 11) is 0. The third-order valence-corrected chi connectivity index (χ3v) is 4.68. The Morgan fingerprint density at radius 3 is 2.57 bits per heavy atom. The summed E-state index contributed by atoms with van der Waals surface area (Å²) in [5.41, 5.74) is 0.168. The van der Waals surface area contributed by atoms with Crippen LogP contribution in [-0.2, 0) is 11.3 Å². The summed E-state index contributed by atoms with van der Waals surface area (Å²) in [5.74, 6) is -0.0598. The number of amides is 2. The molecule has 0 aromatic carbocycles. The van der Waals surface area contributed by atoms with Crippen LogP contribution < -0.4 is 10.6 Å². The van der Waals surface area contributed by atoms with Crippen molar-refractivity contribution in [3.05, 3.63) is 15.6 Å². The van der Waals surface area contributed by atoms with Crippen LogP contribution in [0.3, 0.4) is 0 Å². The lowest BCUT2D eigenvalue weighted by atomic mass is 10.2. The fraction of sp³-hybridized carbons (Fsp3) is 0.688. The lowest BCUT2D eigenvalue weighted by Gasteiger charge is -2.19. The van der Waals surface area contributed by atoms with Gasteiger partial charge in [-0.05, 0) is 40.5 Å². The standard InChI is InChI=1S/C16H25N3O3S/c1-10-13(14(20)19-11-7-5-6-8-11)23-12(18-10)9-17-15(21)22-16(2,3)4/h11H,5-9H2,1-4H3,(H,17,21)(H,19,20). The van der Waals surface area contributed by atoms with Crippen LogP contribution in [0.2, 0.25) is 0 Å². The molecule has 0 bridgehead atoms. The first-order valence-corrected chi connectivity index (χ1v) is 8.80. The second-order valence-electron chi connectivity index (χ2n) is 6.83. The van der Waals surface area contributed by atoms with Crippen molar-refractivity contribution < 1.29 is 14.3 Å². The number of carbonyl (C=O) groups is 2. The summed E-state index contributed by atoms with van der Waals surface area (Å²) in [6, 6.07) is 0.285. The number of carbonyl (C=O) groups excluding carboxylic acids is 2. The van der Waals surface area contributed by atoms with Crippen LogP contribution in [0.1, 0.15) is 66.8 Å². The molecule has 128 valence electrons. The fourth-order valence-corrected chi connectivity index (χ4v) is 3.43. The predicted molar refractivity (Wildman–Crippen MR) is 89.6 cm³/mol. The second kappa shape index (κ2) is 7.29. The SMILES string of the molecule is Cc1nc(CNC(=O)OC(C)(C)C)sc1C(=O)NC1CCCC1. The van der Waals surface area contributed by atoms with Crippen molar-refractivity contribution in [3.63, 3.8) is 0 Å². The van der Waals surface area contributed by atoms with Gasteiger partial charge in [-0.15, -0.1) is 11.3 Å². The molecule has 0 atom stereocenters. The quantitative estimate of drug-likeness (QED) is 0.883. The van der Waals surface area contributed by atoms with Gasteiger partial charge in [0, 0.05) is 6.04 Å². The van der Waals surface area contributed by atoms with E-state index in [0.717, 1.165) is 12.8 Å². The maximum atomic E-state index is 12.3. The number of hydrogen-bond acceptors (Lipinski definition) is 5. The van der Waals surface area contributed by atoms with E-state index in [0.29, 0.717) is 15.6 Å². The Bertz CT molecular complexity index is 572. The summed E-state index contributed by atoms with van der Waals surface area (Å²) in [6.45, 7) is 7.51. The number of aryl methyl sites for hydroxylation is 1. The lowest BCUT2D eigenvalue weighted by molar-refractivity contribution is 0.0523. The van der Waals surface area contributed by atoms with E-state index >= 15 is 0 Å². The summed E-state index contributed by atoms with van der Waals surface area (Å²) in [6.07, 6.45) is 3.98. The van der Waals surface area contributed by atoms with E-state index in [4.69, 9.17) is 4.74 Å². The Morgan fingerprint density at radius 2 is 1.96 bits per heavy atom. The van der Waals surface area contributed by atoms with E-state index in [1.807, 2.05) is 27.7 Å². The van der Waals surface area contributed by atoms with Crippen molar-refractivity contribution >= 4 is 23.3 Å². The molecule has 0 spiro atoms. The van der Waals surface area contributed by atoms with Gasteiger partial charge in [-0.3, -0.25) is 4.79 Å². The van der Waals surface area contributed by atoms with Gasteiger partial charge in [-0.2, -0.15) is 0 Å². The molecule has 1 saturated carbocycles. The molecule has 2 amide bonds. The number of nitrogens with one attached hydrogen (secondary N) is 2. The van der Waals surface area contributed by atoms with Gasteiger partial charge in [-0.25, -0.2) is 9.78 Å². The number of ether oxygens (including phenoxy) is 1. The third kappa shape index (κ3) is 5.49. The fourth-order valence-electron chi connectivity index (χ4n) is 2.52. The van der Waals surface area contributed by atoms with E-state index in [-0.39, 0.29) is 18.5 Å². The zero-order valence-corrected chi connectivity index (χ0v) is 15.0. The molecule has 0 radical (unpaired) electrons. The molecule has 1 aromatic heterocycles. The monoisotopic (exact) mass is 339 g/mol. The maximum absolute atomic E-state index is 12.3. The van der Waals surface area contributed by atoms with E-state index in [9.17, 15) is 9.59 Å². The highest BCUT2D eigenvalue weighted by Crippen LogP contribution is 2.21. The van der Waals surface area contributed by atoms with Gasteiger partial charge in [0.15, 0.2) is 0 Å². The third-order valence-electron chi connectivity index (χ3n) is 3.52. The molecule has 7 heteroatoms. The van der Waals surface area contributed by atoms with Crippen LogP contribution >= 0.6 is 11.3 Å². The highest BCUT2D eigenvalue weighted by molar-refractivity contribution is 7.13. The zero-order chi connectivity index (χ0) is 17.0. The first-order valence-electron chi connectivity index (χ1n) is 7.98. The molecule has 1 aliphatic carbocycles. The second-order valence-corrected chi connectivity index (χ2v) is 7.92. The van der Waals surface area contributed by atoms with Crippen LogP contribution in [0.25, 0.3) is 0 Å². The lowest BCUT2D eigenvalue weighted by Crippen LogP contribution is -2.32. The van der Waals surface area contributed by atoms with Crippen molar-refractivity contribution in [1.82, 2.24) is 15.6 Å². The molecular formula is C16H25N3O3S. The molecule has 0 saturated heterocycles. The van der Waals surface area contributed by atoms with E-state index < -0.39 is 11.7 Å². The number of nitrogens with zero attached hydrogens (tertiary/aromatic N) is 1. The maximum Gasteiger partial charge on any atom is 0.408 e. The molecule has 6 nitrogen and oxygen atoms in total. The van der Waals surface area contributed by atoms with E-state index in [1.165, 1.54) is 24.2 Å². The molecule has 23 heavy (non-hydrogen) atoms. The average molecular weight is 339 g/mol. The molecular weight excluding hydrogens is 314 g/mol. The highest BCUT2D eigenvalue weighted by atomic mass is 32.1. The normalized spacial score (nSPS) is 15.5. The van der Waals surface area contributed by atoms with Gasteiger partial charge in [0.05, 0.1) is 12.2 Å².